The molecule has 0 aliphatic carbocycles. The van der Waals surface area contributed by atoms with Gasteiger partial charge in [-0.2, -0.15) is 0 Å². The van der Waals surface area contributed by atoms with Crippen LogP contribution < -0.4 is 16.4 Å². The summed E-state index contributed by atoms with van der Waals surface area (Å²) in [6.07, 6.45) is 0. The Hall–Kier alpha value is -2.87. The SMILES string of the molecule is CC(=O)NNC(=O)CSc1nc2cc3ccccc3cc2c(=O)n1C. The van der Waals surface area contributed by atoms with Crippen molar-refractivity contribution in [2.75, 3.05) is 5.75 Å². The summed E-state index contributed by atoms with van der Waals surface area (Å²) in [6, 6.07) is 11.5. The lowest BCUT2D eigenvalue weighted by molar-refractivity contribution is -0.126. The van der Waals surface area contributed by atoms with E-state index in [-0.39, 0.29) is 23.1 Å². The zero-order chi connectivity index (χ0) is 18.0. The third-order valence-electron chi connectivity index (χ3n) is 3.61. The van der Waals surface area contributed by atoms with Gasteiger partial charge in [0.25, 0.3) is 5.56 Å². The number of hydrazine groups is 1. The number of hydrogen-bond donors (Lipinski definition) is 2. The largest absolute Gasteiger partial charge is 0.290 e. The lowest BCUT2D eigenvalue weighted by atomic mass is 10.1. The van der Waals surface area contributed by atoms with Gasteiger partial charge in [0.2, 0.25) is 11.8 Å². The highest BCUT2D eigenvalue weighted by Gasteiger charge is 2.12. The first-order valence-corrected chi connectivity index (χ1v) is 8.52. The zero-order valence-electron chi connectivity index (χ0n) is 13.7. The Bertz CT molecular complexity index is 1050. The molecule has 0 fully saturated rings. The molecular weight excluding hydrogens is 340 g/mol. The van der Waals surface area contributed by atoms with Crippen LogP contribution in [0.2, 0.25) is 0 Å². The fourth-order valence-corrected chi connectivity index (χ4v) is 3.16. The molecule has 2 amide bonds. The molecule has 1 aromatic heterocycles. The van der Waals surface area contributed by atoms with E-state index in [9.17, 15) is 14.4 Å². The van der Waals surface area contributed by atoms with E-state index in [4.69, 9.17) is 0 Å². The summed E-state index contributed by atoms with van der Waals surface area (Å²) in [5.74, 6) is -0.714. The number of carbonyl (C=O) groups is 2. The first-order valence-electron chi connectivity index (χ1n) is 7.53. The van der Waals surface area contributed by atoms with Crippen LogP contribution in [0.25, 0.3) is 21.7 Å². The van der Waals surface area contributed by atoms with Crippen LogP contribution in [0.3, 0.4) is 0 Å². The number of thioether (sulfide) groups is 1. The van der Waals surface area contributed by atoms with Crippen LogP contribution in [0.4, 0.5) is 0 Å². The second kappa shape index (κ2) is 6.94. The highest BCUT2D eigenvalue weighted by atomic mass is 32.2. The van der Waals surface area contributed by atoms with Gasteiger partial charge in [0, 0.05) is 14.0 Å². The van der Waals surface area contributed by atoms with Crippen molar-refractivity contribution in [2.45, 2.75) is 12.1 Å². The van der Waals surface area contributed by atoms with Crippen molar-refractivity contribution in [3.63, 3.8) is 0 Å². The number of hydrogen-bond acceptors (Lipinski definition) is 5. The third kappa shape index (κ3) is 3.63. The van der Waals surface area contributed by atoms with Gasteiger partial charge < -0.3 is 0 Å². The van der Waals surface area contributed by atoms with Crippen LogP contribution in [0.15, 0.2) is 46.3 Å². The van der Waals surface area contributed by atoms with E-state index in [0.717, 1.165) is 22.5 Å². The molecule has 128 valence electrons. The number of carbonyl (C=O) groups excluding carboxylic acids is 2. The van der Waals surface area contributed by atoms with E-state index < -0.39 is 0 Å². The molecule has 2 N–H and O–H groups in total. The Balaban J connectivity index is 1.92. The van der Waals surface area contributed by atoms with Crippen molar-refractivity contribution in [1.82, 2.24) is 20.4 Å². The molecule has 2 aromatic carbocycles. The summed E-state index contributed by atoms with van der Waals surface area (Å²) < 4.78 is 1.42. The Labute approximate surface area is 147 Å². The average Bonchev–Trinajstić information content (AvgIpc) is 2.60. The highest BCUT2D eigenvalue weighted by Crippen LogP contribution is 2.22. The first kappa shape index (κ1) is 17.0. The van der Waals surface area contributed by atoms with Gasteiger partial charge in [-0.1, -0.05) is 36.0 Å². The zero-order valence-corrected chi connectivity index (χ0v) is 14.5. The lowest BCUT2D eigenvalue weighted by Crippen LogP contribution is -2.41. The number of nitrogens with zero attached hydrogens (tertiary/aromatic N) is 2. The van der Waals surface area contributed by atoms with Gasteiger partial charge >= 0.3 is 0 Å². The predicted octanol–water partition coefficient (Wildman–Crippen LogP) is 1.35. The lowest BCUT2D eigenvalue weighted by Gasteiger charge is -2.10. The molecule has 0 aliphatic rings. The number of nitrogens with one attached hydrogen (secondary N) is 2. The molecule has 3 aromatic rings. The van der Waals surface area contributed by atoms with E-state index in [2.05, 4.69) is 15.8 Å². The van der Waals surface area contributed by atoms with Crippen LogP contribution in [0.1, 0.15) is 6.92 Å². The maximum absolute atomic E-state index is 12.6. The van der Waals surface area contributed by atoms with E-state index in [1.807, 2.05) is 36.4 Å². The van der Waals surface area contributed by atoms with Crippen LogP contribution in [-0.4, -0.2) is 27.1 Å². The van der Waals surface area contributed by atoms with Crippen molar-refractivity contribution in [2.24, 2.45) is 7.05 Å². The van der Waals surface area contributed by atoms with Gasteiger partial charge in [-0.3, -0.25) is 29.8 Å². The molecule has 0 aliphatic heterocycles. The molecule has 0 spiro atoms. The smallest absolute Gasteiger partial charge is 0.261 e. The fourth-order valence-electron chi connectivity index (χ4n) is 2.39. The predicted molar refractivity (Wildman–Crippen MR) is 97.2 cm³/mol. The average molecular weight is 356 g/mol. The number of amides is 2. The van der Waals surface area contributed by atoms with E-state index in [0.29, 0.717) is 16.1 Å². The highest BCUT2D eigenvalue weighted by molar-refractivity contribution is 7.99. The molecule has 0 bridgehead atoms. The molecule has 25 heavy (non-hydrogen) atoms. The minimum Gasteiger partial charge on any atom is -0.290 e. The van der Waals surface area contributed by atoms with Crippen molar-refractivity contribution in [3.05, 3.63) is 46.8 Å². The summed E-state index contributed by atoms with van der Waals surface area (Å²) in [5.41, 5.74) is 4.91. The van der Waals surface area contributed by atoms with Gasteiger partial charge in [-0.15, -0.1) is 0 Å². The van der Waals surface area contributed by atoms with E-state index in [1.54, 1.807) is 7.05 Å². The van der Waals surface area contributed by atoms with Crippen LogP contribution >= 0.6 is 11.8 Å². The summed E-state index contributed by atoms with van der Waals surface area (Å²) in [7, 11) is 1.62. The second-order valence-electron chi connectivity index (χ2n) is 5.49. The van der Waals surface area contributed by atoms with E-state index >= 15 is 0 Å². The van der Waals surface area contributed by atoms with Gasteiger partial charge in [0.05, 0.1) is 16.7 Å². The standard InChI is InChI=1S/C17H16N4O3S/c1-10(22)19-20-15(23)9-25-17-18-14-8-12-6-4-3-5-11(12)7-13(14)16(24)21(17)2/h3-8H,9H2,1-2H3,(H,19,22)(H,20,23). The minimum absolute atomic E-state index is 0.0274. The Morgan fingerprint density at radius 1 is 1.16 bits per heavy atom. The Morgan fingerprint density at radius 2 is 1.84 bits per heavy atom. The third-order valence-corrected chi connectivity index (χ3v) is 4.64. The maximum Gasteiger partial charge on any atom is 0.261 e. The molecule has 0 saturated heterocycles. The van der Waals surface area contributed by atoms with Crippen LogP contribution in [0, 0.1) is 0 Å². The fraction of sp³-hybridized carbons (Fsp3) is 0.176. The summed E-state index contributed by atoms with van der Waals surface area (Å²) in [5, 5.41) is 2.94. The molecule has 8 heteroatoms. The first-order chi connectivity index (χ1) is 12.0. The van der Waals surface area contributed by atoms with Crippen LogP contribution in [-0.2, 0) is 16.6 Å². The van der Waals surface area contributed by atoms with Crippen LogP contribution in [0.5, 0.6) is 0 Å². The summed E-state index contributed by atoms with van der Waals surface area (Å²) in [6.45, 7) is 1.30. The van der Waals surface area contributed by atoms with Gasteiger partial charge in [0.1, 0.15) is 0 Å². The molecule has 0 radical (unpaired) electrons. The Kier molecular flexibility index (Phi) is 4.71. The van der Waals surface area contributed by atoms with Gasteiger partial charge in [0.15, 0.2) is 5.16 Å². The second-order valence-corrected chi connectivity index (χ2v) is 6.44. The number of aromatic nitrogens is 2. The molecule has 0 atom stereocenters. The summed E-state index contributed by atoms with van der Waals surface area (Å²) >= 11 is 1.13. The van der Waals surface area contributed by atoms with Crippen molar-refractivity contribution in [3.8, 4) is 0 Å². The monoisotopic (exact) mass is 356 g/mol. The van der Waals surface area contributed by atoms with Crippen molar-refractivity contribution in [1.29, 1.82) is 0 Å². The van der Waals surface area contributed by atoms with E-state index in [1.165, 1.54) is 11.5 Å². The number of fused-ring (bicyclic) bond motifs is 2. The molecular formula is C17H16N4O3S. The molecule has 0 unspecified atom stereocenters. The number of benzene rings is 2. The number of rotatable bonds is 3. The molecule has 3 rings (SSSR count). The quantitative estimate of drug-likeness (QED) is 0.320. The molecule has 7 nitrogen and oxygen atoms in total. The van der Waals surface area contributed by atoms with Crippen molar-refractivity contribution < 1.29 is 9.59 Å². The molecule has 1 heterocycles. The van der Waals surface area contributed by atoms with Crippen molar-refractivity contribution >= 4 is 45.3 Å². The Morgan fingerprint density at radius 3 is 2.52 bits per heavy atom. The maximum atomic E-state index is 12.6. The topological polar surface area (TPSA) is 93.1 Å². The van der Waals surface area contributed by atoms with Gasteiger partial charge in [-0.05, 0) is 22.9 Å². The van der Waals surface area contributed by atoms with Gasteiger partial charge in [-0.25, -0.2) is 4.98 Å². The minimum atomic E-state index is -0.381. The summed E-state index contributed by atoms with van der Waals surface area (Å²) in [4.78, 5) is 39.6. The molecule has 0 saturated carbocycles. The normalized spacial score (nSPS) is 10.8.